The minimum absolute atomic E-state index is 0.156. The number of aldehydes is 1. The molecule has 1 heterocycles. The number of rotatable bonds is 5. The molecule has 0 saturated heterocycles. The summed E-state index contributed by atoms with van der Waals surface area (Å²) in [5, 5.41) is 1.69. The fraction of sp³-hybridized carbons (Fsp3) is 0.286. The van der Waals surface area contributed by atoms with Crippen LogP contribution in [0.4, 0.5) is 0 Å². The smallest absolute Gasteiger partial charge is 0.250 e. The van der Waals surface area contributed by atoms with Crippen LogP contribution in [0.2, 0.25) is 0 Å². The van der Waals surface area contributed by atoms with Crippen molar-refractivity contribution in [2.24, 2.45) is 0 Å². The van der Waals surface area contributed by atoms with Gasteiger partial charge in [-0.15, -0.1) is 11.3 Å². The average molecular weight is 219 g/mol. The summed E-state index contributed by atoms with van der Waals surface area (Å²) in [5.41, 5.74) is 0. The maximum absolute atomic E-state index is 11.4. The van der Waals surface area contributed by atoms with Gasteiger partial charge in [0.1, 0.15) is 10.5 Å². The molecule has 1 N–H and O–H groups in total. The molecular formula is C7H9NO3S2. The van der Waals surface area contributed by atoms with E-state index in [2.05, 4.69) is 4.72 Å². The van der Waals surface area contributed by atoms with Crippen molar-refractivity contribution >= 4 is 27.6 Å². The van der Waals surface area contributed by atoms with Gasteiger partial charge in [0.25, 0.3) is 0 Å². The Morgan fingerprint density at radius 3 is 2.85 bits per heavy atom. The Balaban J connectivity index is 2.62. The van der Waals surface area contributed by atoms with Crippen LogP contribution >= 0.6 is 11.3 Å². The van der Waals surface area contributed by atoms with E-state index in [0.717, 1.165) is 11.3 Å². The lowest BCUT2D eigenvalue weighted by molar-refractivity contribution is -0.107. The van der Waals surface area contributed by atoms with Gasteiger partial charge in [0.15, 0.2) is 0 Å². The largest absolute Gasteiger partial charge is 0.303 e. The summed E-state index contributed by atoms with van der Waals surface area (Å²) in [7, 11) is -3.38. The van der Waals surface area contributed by atoms with Crippen LogP contribution in [-0.2, 0) is 14.8 Å². The molecule has 0 radical (unpaired) electrons. The highest BCUT2D eigenvalue weighted by Gasteiger charge is 2.13. The average Bonchev–Trinajstić information content (AvgIpc) is 2.56. The van der Waals surface area contributed by atoms with E-state index in [-0.39, 0.29) is 17.2 Å². The van der Waals surface area contributed by atoms with Crippen molar-refractivity contribution in [3.8, 4) is 0 Å². The van der Waals surface area contributed by atoms with E-state index in [4.69, 9.17) is 0 Å². The summed E-state index contributed by atoms with van der Waals surface area (Å²) in [6, 6.07) is 3.19. The van der Waals surface area contributed by atoms with E-state index in [1.54, 1.807) is 11.4 Å². The van der Waals surface area contributed by atoms with E-state index in [0.29, 0.717) is 6.29 Å². The van der Waals surface area contributed by atoms with Gasteiger partial charge in [-0.3, -0.25) is 0 Å². The van der Waals surface area contributed by atoms with Gasteiger partial charge in [-0.05, 0) is 11.4 Å². The van der Waals surface area contributed by atoms with Gasteiger partial charge in [0.2, 0.25) is 10.0 Å². The molecule has 0 bridgehead atoms. The lowest BCUT2D eigenvalue weighted by Gasteiger charge is -2.00. The first-order chi connectivity index (χ1) is 6.17. The van der Waals surface area contributed by atoms with Crippen LogP contribution in [0.25, 0.3) is 0 Å². The molecular weight excluding hydrogens is 210 g/mol. The van der Waals surface area contributed by atoms with Crippen LogP contribution in [0.3, 0.4) is 0 Å². The SMILES string of the molecule is O=CCCNS(=O)(=O)c1cccs1. The lowest BCUT2D eigenvalue weighted by atomic mass is 10.5. The number of sulfonamides is 1. The van der Waals surface area contributed by atoms with E-state index in [9.17, 15) is 13.2 Å². The predicted molar refractivity (Wildman–Crippen MR) is 50.2 cm³/mol. The van der Waals surface area contributed by atoms with Crippen molar-refractivity contribution in [3.05, 3.63) is 17.5 Å². The highest BCUT2D eigenvalue weighted by Crippen LogP contribution is 2.14. The van der Waals surface area contributed by atoms with Crippen LogP contribution in [0.1, 0.15) is 6.42 Å². The monoisotopic (exact) mass is 219 g/mol. The Bertz CT molecular complexity index is 355. The number of carbonyl (C=O) groups excluding carboxylic acids is 1. The highest BCUT2D eigenvalue weighted by atomic mass is 32.2. The molecule has 1 rings (SSSR count). The zero-order chi connectivity index (χ0) is 9.73. The van der Waals surface area contributed by atoms with Gasteiger partial charge >= 0.3 is 0 Å². The molecule has 0 spiro atoms. The second-order valence-corrected chi connectivity index (χ2v) is 5.23. The Kier molecular flexibility index (Phi) is 3.58. The van der Waals surface area contributed by atoms with Crippen molar-refractivity contribution in [1.82, 2.24) is 4.72 Å². The van der Waals surface area contributed by atoms with Crippen molar-refractivity contribution in [1.29, 1.82) is 0 Å². The standard InChI is InChI=1S/C7H9NO3S2/c9-5-2-4-8-13(10,11)7-3-1-6-12-7/h1,3,5-6,8H,2,4H2. The Morgan fingerprint density at radius 2 is 2.31 bits per heavy atom. The van der Waals surface area contributed by atoms with Gasteiger partial charge in [-0.1, -0.05) is 6.07 Å². The van der Waals surface area contributed by atoms with E-state index in [1.165, 1.54) is 6.07 Å². The van der Waals surface area contributed by atoms with E-state index in [1.807, 2.05) is 0 Å². The third-order valence-electron chi connectivity index (χ3n) is 1.31. The topological polar surface area (TPSA) is 63.2 Å². The zero-order valence-electron chi connectivity index (χ0n) is 6.76. The normalized spacial score (nSPS) is 11.4. The van der Waals surface area contributed by atoms with Crippen LogP contribution in [-0.4, -0.2) is 21.2 Å². The molecule has 0 fully saturated rings. The molecule has 13 heavy (non-hydrogen) atoms. The quantitative estimate of drug-likeness (QED) is 0.583. The summed E-state index contributed by atoms with van der Waals surface area (Å²) in [6.07, 6.45) is 0.877. The van der Waals surface area contributed by atoms with Crippen LogP contribution in [0, 0.1) is 0 Å². The number of hydrogen-bond donors (Lipinski definition) is 1. The van der Waals surface area contributed by atoms with Crippen LogP contribution < -0.4 is 4.72 Å². The molecule has 0 saturated carbocycles. The summed E-state index contributed by atoms with van der Waals surface area (Å²) >= 11 is 1.15. The first-order valence-electron chi connectivity index (χ1n) is 3.63. The second-order valence-electron chi connectivity index (χ2n) is 2.29. The van der Waals surface area contributed by atoms with Crippen LogP contribution in [0.15, 0.2) is 21.7 Å². The van der Waals surface area contributed by atoms with Gasteiger partial charge in [-0.2, -0.15) is 0 Å². The van der Waals surface area contributed by atoms with Crippen molar-refractivity contribution in [2.45, 2.75) is 10.6 Å². The minimum atomic E-state index is -3.38. The molecule has 0 unspecified atom stereocenters. The second kappa shape index (κ2) is 4.50. The molecule has 0 atom stereocenters. The van der Waals surface area contributed by atoms with E-state index < -0.39 is 10.0 Å². The summed E-state index contributed by atoms with van der Waals surface area (Å²) in [4.78, 5) is 9.94. The van der Waals surface area contributed by atoms with Gasteiger partial charge in [0.05, 0.1) is 0 Å². The third-order valence-corrected chi connectivity index (χ3v) is 4.17. The van der Waals surface area contributed by atoms with Gasteiger partial charge in [-0.25, -0.2) is 13.1 Å². The third kappa shape index (κ3) is 2.91. The number of thiophene rings is 1. The minimum Gasteiger partial charge on any atom is -0.303 e. The zero-order valence-corrected chi connectivity index (χ0v) is 8.40. The number of nitrogens with one attached hydrogen (secondary N) is 1. The van der Waals surface area contributed by atoms with Crippen molar-refractivity contribution < 1.29 is 13.2 Å². The van der Waals surface area contributed by atoms with Gasteiger partial charge in [0, 0.05) is 13.0 Å². The molecule has 0 aliphatic rings. The first kappa shape index (κ1) is 10.4. The molecule has 0 aliphatic heterocycles. The maximum atomic E-state index is 11.4. The molecule has 0 aromatic carbocycles. The predicted octanol–water partition coefficient (Wildman–Crippen LogP) is 0.615. The maximum Gasteiger partial charge on any atom is 0.250 e. The lowest BCUT2D eigenvalue weighted by Crippen LogP contribution is -2.24. The summed E-state index contributed by atoms with van der Waals surface area (Å²) in [5.74, 6) is 0. The summed E-state index contributed by atoms with van der Waals surface area (Å²) in [6.45, 7) is 0.156. The van der Waals surface area contributed by atoms with Crippen molar-refractivity contribution in [3.63, 3.8) is 0 Å². The molecule has 0 aliphatic carbocycles. The Morgan fingerprint density at radius 1 is 1.54 bits per heavy atom. The Hall–Kier alpha value is -0.720. The Labute approximate surface area is 80.6 Å². The van der Waals surface area contributed by atoms with E-state index >= 15 is 0 Å². The molecule has 1 aromatic rings. The van der Waals surface area contributed by atoms with Gasteiger partial charge < -0.3 is 4.79 Å². The fourth-order valence-corrected chi connectivity index (χ4v) is 2.82. The number of carbonyl (C=O) groups is 1. The summed E-state index contributed by atoms with van der Waals surface area (Å²) < 4.78 is 25.3. The highest BCUT2D eigenvalue weighted by molar-refractivity contribution is 7.91. The van der Waals surface area contributed by atoms with Crippen LogP contribution in [0.5, 0.6) is 0 Å². The molecule has 6 heteroatoms. The fourth-order valence-electron chi connectivity index (χ4n) is 0.740. The molecule has 0 amide bonds. The molecule has 4 nitrogen and oxygen atoms in total. The number of hydrogen-bond acceptors (Lipinski definition) is 4. The van der Waals surface area contributed by atoms with Crippen molar-refractivity contribution in [2.75, 3.05) is 6.54 Å². The molecule has 1 aromatic heterocycles. The first-order valence-corrected chi connectivity index (χ1v) is 6.00. The molecule has 72 valence electrons.